The number of nitrogens with zero attached hydrogens (tertiary/aromatic N) is 3. The minimum Gasteiger partial charge on any atom is -0.465 e. The molecule has 0 aliphatic rings. The second-order valence-electron chi connectivity index (χ2n) is 4.58. The lowest BCUT2D eigenvalue weighted by Crippen LogP contribution is -2.17. The van der Waals surface area contributed by atoms with Gasteiger partial charge in [0.1, 0.15) is 11.3 Å². The Bertz CT molecular complexity index is 812. The summed E-state index contributed by atoms with van der Waals surface area (Å²) in [6.07, 6.45) is -4.77. The molecule has 0 aliphatic heterocycles. The number of hydrogen-bond donors (Lipinski definition) is 0. The van der Waals surface area contributed by atoms with Crippen LogP contribution in [0.5, 0.6) is 11.6 Å². The molecule has 9 heteroatoms. The van der Waals surface area contributed by atoms with Crippen LogP contribution in [0.2, 0.25) is 0 Å². The Hall–Kier alpha value is -3.15. The number of nitriles is 1. The summed E-state index contributed by atoms with van der Waals surface area (Å²) in [6.45, 7) is 1.08. The van der Waals surface area contributed by atoms with Gasteiger partial charge in [0.15, 0.2) is 5.69 Å². The summed E-state index contributed by atoms with van der Waals surface area (Å²) in [7, 11) is 1.03. The van der Waals surface area contributed by atoms with E-state index in [-0.39, 0.29) is 5.75 Å². The molecule has 0 saturated heterocycles. The number of methoxy groups -OCH3 is 1. The molecule has 24 heavy (non-hydrogen) atoms. The molecule has 0 amide bonds. The van der Waals surface area contributed by atoms with Crippen molar-refractivity contribution in [3.8, 4) is 17.7 Å². The van der Waals surface area contributed by atoms with Crippen LogP contribution in [0, 0.1) is 18.3 Å². The zero-order valence-electron chi connectivity index (χ0n) is 12.5. The van der Waals surface area contributed by atoms with Crippen molar-refractivity contribution < 1.29 is 27.4 Å². The van der Waals surface area contributed by atoms with Crippen LogP contribution in [-0.4, -0.2) is 23.3 Å². The van der Waals surface area contributed by atoms with Crippen LogP contribution in [0.1, 0.15) is 27.2 Å². The van der Waals surface area contributed by atoms with Crippen LogP contribution in [0.25, 0.3) is 0 Å². The van der Waals surface area contributed by atoms with E-state index in [0.29, 0.717) is 5.56 Å². The molecule has 2 rings (SSSR count). The molecule has 1 heterocycles. The van der Waals surface area contributed by atoms with Gasteiger partial charge in [-0.05, 0) is 31.2 Å². The molecule has 124 valence electrons. The third-order valence-corrected chi connectivity index (χ3v) is 3.04. The van der Waals surface area contributed by atoms with Crippen LogP contribution >= 0.6 is 0 Å². The van der Waals surface area contributed by atoms with E-state index in [4.69, 9.17) is 10.00 Å². The summed E-state index contributed by atoms with van der Waals surface area (Å²) in [5, 5.41) is 15.2. The summed E-state index contributed by atoms with van der Waals surface area (Å²) in [5.41, 5.74) is -1.85. The Morgan fingerprint density at radius 3 is 2.33 bits per heavy atom. The van der Waals surface area contributed by atoms with Gasteiger partial charge >= 0.3 is 12.1 Å². The number of carbonyl (C=O) groups excluding carboxylic acids is 1. The fourth-order valence-corrected chi connectivity index (χ4v) is 1.89. The number of alkyl halides is 3. The van der Waals surface area contributed by atoms with Crippen molar-refractivity contribution in [3.63, 3.8) is 0 Å². The van der Waals surface area contributed by atoms with Crippen molar-refractivity contribution in [2.75, 3.05) is 7.11 Å². The predicted molar refractivity (Wildman–Crippen MR) is 74.3 cm³/mol. The van der Waals surface area contributed by atoms with Gasteiger partial charge in [0.25, 0.3) is 5.88 Å². The Morgan fingerprint density at radius 2 is 1.83 bits per heavy atom. The highest BCUT2D eigenvalue weighted by atomic mass is 19.4. The molecule has 0 spiro atoms. The second-order valence-corrected chi connectivity index (χ2v) is 4.58. The summed E-state index contributed by atoms with van der Waals surface area (Å²) < 4.78 is 48.6. The summed E-state index contributed by atoms with van der Waals surface area (Å²) >= 11 is 0. The Morgan fingerprint density at radius 1 is 1.21 bits per heavy atom. The average molecular weight is 337 g/mol. The number of ether oxygens (including phenoxy) is 2. The van der Waals surface area contributed by atoms with E-state index in [1.165, 1.54) is 24.3 Å². The monoisotopic (exact) mass is 337 g/mol. The topological polar surface area (TPSA) is 85.1 Å². The SMILES string of the molecule is COC(=O)c1c(Oc2ccc(C#N)cc2)nnc(C(F)(F)F)c1C. The van der Waals surface area contributed by atoms with E-state index >= 15 is 0 Å². The first-order chi connectivity index (χ1) is 11.3. The molecule has 0 N–H and O–H groups in total. The van der Waals surface area contributed by atoms with Gasteiger partial charge in [-0.1, -0.05) is 0 Å². The minimum atomic E-state index is -4.77. The first-order valence-corrected chi connectivity index (χ1v) is 6.48. The van der Waals surface area contributed by atoms with Crippen LogP contribution in [0.3, 0.4) is 0 Å². The highest BCUT2D eigenvalue weighted by molar-refractivity contribution is 5.93. The fourth-order valence-electron chi connectivity index (χ4n) is 1.89. The zero-order chi connectivity index (χ0) is 17.9. The van der Waals surface area contributed by atoms with E-state index in [1.807, 2.05) is 6.07 Å². The number of aromatic nitrogens is 2. The van der Waals surface area contributed by atoms with Crippen LogP contribution in [-0.2, 0) is 10.9 Å². The van der Waals surface area contributed by atoms with Crippen LogP contribution < -0.4 is 4.74 Å². The first kappa shape index (κ1) is 17.2. The second kappa shape index (κ2) is 6.54. The highest BCUT2D eigenvalue weighted by Gasteiger charge is 2.38. The lowest BCUT2D eigenvalue weighted by atomic mass is 10.1. The van der Waals surface area contributed by atoms with E-state index in [1.54, 1.807) is 0 Å². The van der Waals surface area contributed by atoms with E-state index < -0.39 is 34.8 Å². The fraction of sp³-hybridized carbons (Fsp3) is 0.200. The molecule has 0 saturated carbocycles. The van der Waals surface area contributed by atoms with Crippen molar-refractivity contribution >= 4 is 5.97 Å². The van der Waals surface area contributed by atoms with Gasteiger partial charge in [0, 0.05) is 5.56 Å². The molecule has 0 fully saturated rings. The molecule has 1 aromatic carbocycles. The van der Waals surface area contributed by atoms with Crippen LogP contribution in [0.15, 0.2) is 24.3 Å². The van der Waals surface area contributed by atoms with Crippen molar-refractivity contribution in [3.05, 3.63) is 46.6 Å². The molecule has 1 aromatic heterocycles. The van der Waals surface area contributed by atoms with Gasteiger partial charge in [-0.3, -0.25) is 0 Å². The Balaban J connectivity index is 2.51. The maximum atomic E-state index is 12.9. The van der Waals surface area contributed by atoms with Crippen molar-refractivity contribution in [2.24, 2.45) is 0 Å². The third kappa shape index (κ3) is 3.43. The largest absolute Gasteiger partial charge is 0.465 e. The van der Waals surface area contributed by atoms with Crippen molar-refractivity contribution in [1.29, 1.82) is 5.26 Å². The van der Waals surface area contributed by atoms with Gasteiger partial charge in [-0.15, -0.1) is 10.2 Å². The maximum Gasteiger partial charge on any atom is 0.435 e. The smallest absolute Gasteiger partial charge is 0.435 e. The van der Waals surface area contributed by atoms with Gasteiger partial charge in [-0.2, -0.15) is 18.4 Å². The molecule has 0 aliphatic carbocycles. The zero-order valence-corrected chi connectivity index (χ0v) is 12.5. The third-order valence-electron chi connectivity index (χ3n) is 3.04. The van der Waals surface area contributed by atoms with E-state index in [9.17, 15) is 18.0 Å². The number of hydrogen-bond acceptors (Lipinski definition) is 6. The van der Waals surface area contributed by atoms with Gasteiger partial charge in [0.2, 0.25) is 0 Å². The molecular formula is C15H10F3N3O3. The molecule has 0 unspecified atom stereocenters. The van der Waals surface area contributed by atoms with Gasteiger partial charge in [-0.25, -0.2) is 4.79 Å². The number of halogens is 3. The normalized spacial score (nSPS) is 10.8. The Kier molecular flexibility index (Phi) is 4.69. The maximum absolute atomic E-state index is 12.9. The van der Waals surface area contributed by atoms with Gasteiger partial charge < -0.3 is 9.47 Å². The van der Waals surface area contributed by atoms with Crippen LogP contribution in [0.4, 0.5) is 13.2 Å². The molecular weight excluding hydrogens is 327 g/mol. The molecule has 2 aromatic rings. The molecule has 6 nitrogen and oxygen atoms in total. The summed E-state index contributed by atoms with van der Waals surface area (Å²) in [5.74, 6) is -1.28. The van der Waals surface area contributed by atoms with Gasteiger partial charge in [0.05, 0.1) is 18.7 Å². The predicted octanol–water partition coefficient (Wildman–Crippen LogP) is 3.25. The molecule has 0 atom stereocenters. The standard InChI is InChI=1S/C15H10F3N3O3/c1-8-11(14(22)23-2)13(21-20-12(8)15(16,17)18)24-10-5-3-9(7-19)4-6-10/h3-6H,1-2H3. The first-order valence-electron chi connectivity index (χ1n) is 6.48. The van der Waals surface area contributed by atoms with E-state index in [0.717, 1.165) is 14.0 Å². The lowest BCUT2D eigenvalue weighted by molar-refractivity contribution is -0.142. The van der Waals surface area contributed by atoms with E-state index in [2.05, 4.69) is 14.9 Å². The molecule has 0 bridgehead atoms. The number of carbonyl (C=O) groups is 1. The lowest BCUT2D eigenvalue weighted by Gasteiger charge is -2.14. The number of rotatable bonds is 3. The minimum absolute atomic E-state index is 0.174. The van der Waals surface area contributed by atoms with Crippen molar-refractivity contribution in [1.82, 2.24) is 10.2 Å². The number of esters is 1. The molecule has 0 radical (unpaired) electrons. The summed E-state index contributed by atoms with van der Waals surface area (Å²) in [6, 6.07) is 7.61. The Labute approximate surface area is 134 Å². The highest BCUT2D eigenvalue weighted by Crippen LogP contribution is 2.34. The quantitative estimate of drug-likeness (QED) is 0.799. The van der Waals surface area contributed by atoms with Crippen molar-refractivity contribution in [2.45, 2.75) is 13.1 Å². The average Bonchev–Trinajstić information content (AvgIpc) is 2.54. The summed E-state index contributed by atoms with van der Waals surface area (Å²) in [4.78, 5) is 11.8. The number of benzene rings is 1.